The minimum absolute atomic E-state index is 0.0649. The highest BCUT2D eigenvalue weighted by atomic mass is 16.3. The number of fused-ring (bicyclic) bond motifs is 12. The first-order valence-corrected chi connectivity index (χ1v) is 20.8. The van der Waals surface area contributed by atoms with Gasteiger partial charge in [0.15, 0.2) is 0 Å². The summed E-state index contributed by atoms with van der Waals surface area (Å²) in [7, 11) is 0. The minimum Gasteiger partial charge on any atom is -0.456 e. The van der Waals surface area contributed by atoms with Crippen LogP contribution in [-0.4, -0.2) is 9.13 Å². The summed E-state index contributed by atoms with van der Waals surface area (Å²) in [6, 6.07) is 71.2. The molecule has 3 nitrogen and oxygen atoms in total. The lowest BCUT2D eigenvalue weighted by molar-refractivity contribution is 0.660. The average Bonchev–Trinajstić information content (AvgIpc) is 4.01. The quantitative estimate of drug-likeness (QED) is 0.175. The molecule has 0 bridgehead atoms. The fourth-order valence-electron chi connectivity index (χ4n) is 10.5. The molecule has 0 unspecified atom stereocenters. The van der Waals surface area contributed by atoms with Crippen molar-refractivity contribution in [1.82, 2.24) is 9.13 Å². The van der Waals surface area contributed by atoms with Crippen molar-refractivity contribution in [1.29, 1.82) is 0 Å². The molecule has 0 spiro atoms. The van der Waals surface area contributed by atoms with E-state index in [0.717, 1.165) is 27.6 Å². The SMILES string of the molecule is CC1(C)c2ccccc2-c2ccc(-n3c4ccccc4c4cc(-c5ccc6c(c5)c5ccccc5n6-c5ccc(-c6cccc7oc8ccccc8c67)cc5)ccc43)cc21. The number of para-hydroxylation sites is 3. The van der Waals surface area contributed by atoms with Crippen LogP contribution < -0.4 is 0 Å². The van der Waals surface area contributed by atoms with Crippen LogP contribution in [0.15, 0.2) is 199 Å². The summed E-state index contributed by atoms with van der Waals surface area (Å²) in [5.41, 5.74) is 19.1. The molecule has 0 radical (unpaired) electrons. The number of hydrogen-bond donors (Lipinski definition) is 0. The predicted octanol–water partition coefficient (Wildman–Crippen LogP) is 15.4. The Morgan fingerprint density at radius 3 is 1.58 bits per heavy atom. The van der Waals surface area contributed by atoms with Crippen LogP contribution >= 0.6 is 0 Å². The Kier molecular flexibility index (Phi) is 6.78. The molecule has 0 atom stereocenters. The van der Waals surface area contributed by atoms with Gasteiger partial charge in [-0.05, 0) is 117 Å². The molecule has 1 aliphatic carbocycles. The molecule has 13 rings (SSSR count). The largest absolute Gasteiger partial charge is 0.456 e. The lowest BCUT2D eigenvalue weighted by Crippen LogP contribution is -2.15. The Morgan fingerprint density at radius 1 is 0.350 bits per heavy atom. The molecule has 3 heteroatoms. The van der Waals surface area contributed by atoms with Crippen LogP contribution in [0.2, 0.25) is 0 Å². The first-order valence-electron chi connectivity index (χ1n) is 20.8. The Morgan fingerprint density at radius 2 is 0.867 bits per heavy atom. The first-order chi connectivity index (χ1) is 29.5. The normalized spacial score (nSPS) is 13.3. The lowest BCUT2D eigenvalue weighted by Gasteiger charge is -2.22. The second-order valence-corrected chi connectivity index (χ2v) is 16.9. The van der Waals surface area contributed by atoms with E-state index in [0.29, 0.717) is 0 Å². The van der Waals surface area contributed by atoms with E-state index in [-0.39, 0.29) is 5.41 Å². The molecule has 0 aliphatic heterocycles. The molecule has 3 aromatic heterocycles. The molecule has 0 saturated heterocycles. The van der Waals surface area contributed by atoms with Gasteiger partial charge in [0, 0.05) is 49.1 Å². The van der Waals surface area contributed by atoms with Crippen molar-refractivity contribution in [2.24, 2.45) is 0 Å². The third kappa shape index (κ3) is 4.60. The summed E-state index contributed by atoms with van der Waals surface area (Å²) in [4.78, 5) is 0. The smallest absolute Gasteiger partial charge is 0.136 e. The monoisotopic (exact) mass is 766 g/mol. The van der Waals surface area contributed by atoms with Crippen molar-refractivity contribution in [3.63, 3.8) is 0 Å². The van der Waals surface area contributed by atoms with Crippen LogP contribution in [0.25, 0.3) is 110 Å². The molecule has 1 aliphatic rings. The maximum absolute atomic E-state index is 6.22. The number of benzene rings is 9. The minimum atomic E-state index is -0.0649. The van der Waals surface area contributed by atoms with E-state index in [1.807, 2.05) is 12.1 Å². The third-order valence-corrected chi connectivity index (χ3v) is 13.3. The number of nitrogens with zero attached hydrogens (tertiary/aromatic N) is 2. The number of rotatable bonds is 4. The van der Waals surface area contributed by atoms with Crippen LogP contribution in [0.4, 0.5) is 0 Å². The van der Waals surface area contributed by atoms with Gasteiger partial charge in [0.05, 0.1) is 22.1 Å². The van der Waals surface area contributed by atoms with Gasteiger partial charge in [-0.1, -0.05) is 135 Å². The van der Waals surface area contributed by atoms with E-state index in [9.17, 15) is 0 Å². The van der Waals surface area contributed by atoms with Crippen molar-refractivity contribution in [2.45, 2.75) is 19.3 Å². The molecule has 282 valence electrons. The van der Waals surface area contributed by atoms with Crippen molar-refractivity contribution in [3.8, 4) is 44.8 Å². The molecule has 0 fully saturated rings. The van der Waals surface area contributed by atoms with Gasteiger partial charge >= 0.3 is 0 Å². The molecule has 60 heavy (non-hydrogen) atoms. The molecule has 12 aromatic rings. The highest BCUT2D eigenvalue weighted by Gasteiger charge is 2.35. The number of furan rings is 1. The second-order valence-electron chi connectivity index (χ2n) is 16.9. The summed E-state index contributed by atoms with van der Waals surface area (Å²) in [6.45, 7) is 4.71. The molecular formula is C57H38N2O. The van der Waals surface area contributed by atoms with Crippen LogP contribution in [-0.2, 0) is 5.41 Å². The Labute approximate surface area is 347 Å². The zero-order valence-electron chi connectivity index (χ0n) is 33.3. The van der Waals surface area contributed by atoms with Gasteiger partial charge in [-0.15, -0.1) is 0 Å². The average molecular weight is 767 g/mol. The van der Waals surface area contributed by atoms with Gasteiger partial charge in [-0.25, -0.2) is 0 Å². The molecule has 0 saturated carbocycles. The summed E-state index contributed by atoms with van der Waals surface area (Å²) >= 11 is 0. The van der Waals surface area contributed by atoms with E-state index in [4.69, 9.17) is 4.42 Å². The van der Waals surface area contributed by atoms with Crippen LogP contribution in [0.1, 0.15) is 25.0 Å². The van der Waals surface area contributed by atoms with Gasteiger partial charge in [0.25, 0.3) is 0 Å². The lowest BCUT2D eigenvalue weighted by atomic mass is 9.82. The van der Waals surface area contributed by atoms with Crippen molar-refractivity contribution < 1.29 is 4.42 Å². The van der Waals surface area contributed by atoms with Crippen LogP contribution in [0, 0.1) is 0 Å². The Hall–Kier alpha value is -7.62. The maximum Gasteiger partial charge on any atom is 0.136 e. The van der Waals surface area contributed by atoms with Gasteiger partial charge < -0.3 is 13.6 Å². The van der Waals surface area contributed by atoms with E-state index >= 15 is 0 Å². The summed E-state index contributed by atoms with van der Waals surface area (Å²) in [6.07, 6.45) is 0. The van der Waals surface area contributed by atoms with E-state index in [1.165, 1.54) is 93.8 Å². The van der Waals surface area contributed by atoms with Crippen molar-refractivity contribution in [2.75, 3.05) is 0 Å². The number of hydrogen-bond acceptors (Lipinski definition) is 1. The molecule has 9 aromatic carbocycles. The van der Waals surface area contributed by atoms with Crippen molar-refractivity contribution in [3.05, 3.63) is 205 Å². The van der Waals surface area contributed by atoms with Gasteiger partial charge in [-0.3, -0.25) is 0 Å². The standard InChI is InChI=1S/C57H38N2O/c1-57(2)48-17-7-3-12-41(48)42-29-28-39(34-49(42)57)59-51-19-9-5-14-44(51)47-33-37(25-31-53(47)59)36-24-30-52-46(32-36)43-13-4-8-18-50(43)58(52)38-26-22-35(23-27-38)40-16-11-21-55-56(40)45-15-6-10-20-54(45)60-55/h3-34H,1-2H3. The van der Waals surface area contributed by atoms with E-state index < -0.39 is 0 Å². The topological polar surface area (TPSA) is 23.0 Å². The zero-order valence-corrected chi connectivity index (χ0v) is 33.3. The first kappa shape index (κ1) is 33.4. The summed E-state index contributed by atoms with van der Waals surface area (Å²) in [5, 5.41) is 7.30. The predicted molar refractivity (Wildman–Crippen MR) is 251 cm³/mol. The van der Waals surface area contributed by atoms with E-state index in [1.54, 1.807) is 0 Å². The molecule has 3 heterocycles. The van der Waals surface area contributed by atoms with E-state index in [2.05, 4.69) is 205 Å². The Balaban J connectivity index is 0.918. The van der Waals surface area contributed by atoms with Gasteiger partial charge in [0.2, 0.25) is 0 Å². The summed E-state index contributed by atoms with van der Waals surface area (Å²) < 4.78 is 11.1. The molecular weight excluding hydrogens is 729 g/mol. The fraction of sp³-hybridized carbons (Fsp3) is 0.0526. The fourth-order valence-corrected chi connectivity index (χ4v) is 10.5. The van der Waals surface area contributed by atoms with Crippen LogP contribution in [0.5, 0.6) is 0 Å². The summed E-state index contributed by atoms with van der Waals surface area (Å²) in [5.74, 6) is 0. The second kappa shape index (κ2) is 12.2. The molecule has 0 amide bonds. The van der Waals surface area contributed by atoms with Gasteiger partial charge in [-0.2, -0.15) is 0 Å². The highest BCUT2D eigenvalue weighted by molar-refractivity contribution is 6.14. The third-order valence-electron chi connectivity index (χ3n) is 13.3. The van der Waals surface area contributed by atoms with Crippen LogP contribution in [0.3, 0.4) is 0 Å². The Bertz CT molecular complexity index is 3740. The van der Waals surface area contributed by atoms with Crippen molar-refractivity contribution >= 4 is 65.6 Å². The zero-order chi connectivity index (χ0) is 39.7. The maximum atomic E-state index is 6.22. The highest BCUT2D eigenvalue weighted by Crippen LogP contribution is 2.50. The molecule has 0 N–H and O–H groups in total. The number of aromatic nitrogens is 2. The van der Waals surface area contributed by atoms with Gasteiger partial charge in [0.1, 0.15) is 11.2 Å².